The van der Waals surface area contributed by atoms with Crippen molar-refractivity contribution in [3.05, 3.63) is 41.7 Å². The first kappa shape index (κ1) is 18.9. The lowest BCUT2D eigenvalue weighted by molar-refractivity contribution is 0.0672. The first-order valence-electron chi connectivity index (χ1n) is 9.11. The lowest BCUT2D eigenvalue weighted by atomic mass is 10.1. The summed E-state index contributed by atoms with van der Waals surface area (Å²) in [5.41, 5.74) is 2.43. The molecule has 1 aromatic carbocycles. The Kier molecular flexibility index (Phi) is 5.48. The second-order valence-corrected chi connectivity index (χ2v) is 7.06. The van der Waals surface area contributed by atoms with E-state index in [9.17, 15) is 4.79 Å². The van der Waals surface area contributed by atoms with Crippen LogP contribution >= 0.6 is 0 Å². The maximum absolute atomic E-state index is 13.0. The number of hydrogen-bond donors (Lipinski definition) is 0. The van der Waals surface area contributed by atoms with Gasteiger partial charge in [0.2, 0.25) is 5.95 Å². The van der Waals surface area contributed by atoms with Gasteiger partial charge in [-0.2, -0.15) is 0 Å². The van der Waals surface area contributed by atoms with Gasteiger partial charge in [0.1, 0.15) is 5.75 Å². The molecule has 2 heterocycles. The Balaban J connectivity index is 1.71. The molecule has 1 saturated heterocycles. The Hall–Kier alpha value is -2.83. The molecule has 1 fully saturated rings. The minimum Gasteiger partial charge on any atom is -0.497 e. The van der Waals surface area contributed by atoms with Gasteiger partial charge >= 0.3 is 0 Å². The minimum absolute atomic E-state index is 0.000290. The Bertz CT molecular complexity index is 807. The van der Waals surface area contributed by atoms with E-state index in [2.05, 4.69) is 33.9 Å². The number of piperazine rings is 1. The standard InChI is InChI=1S/C20H27N5O2/c1-14-13-24(16-6-8-17(27-5)9-7-16)10-11-25(14)19(26)18-12-21-20(23(3)4)22-15(18)2/h6-9,12,14H,10-11,13H2,1-5H3/t14-/m0/s1. The molecule has 144 valence electrons. The molecule has 0 bridgehead atoms. The van der Waals surface area contributed by atoms with Crippen molar-refractivity contribution in [2.24, 2.45) is 0 Å². The van der Waals surface area contributed by atoms with Crippen molar-refractivity contribution in [1.82, 2.24) is 14.9 Å². The molecule has 2 aromatic rings. The summed E-state index contributed by atoms with van der Waals surface area (Å²) in [6.45, 7) is 6.19. The molecular formula is C20H27N5O2. The molecule has 27 heavy (non-hydrogen) atoms. The first-order valence-corrected chi connectivity index (χ1v) is 9.11. The summed E-state index contributed by atoms with van der Waals surface area (Å²) in [4.78, 5) is 27.8. The number of ether oxygens (including phenoxy) is 1. The Labute approximate surface area is 160 Å². The van der Waals surface area contributed by atoms with E-state index in [1.807, 2.05) is 43.0 Å². The number of benzene rings is 1. The molecule has 7 heteroatoms. The Morgan fingerprint density at radius 3 is 2.48 bits per heavy atom. The molecule has 1 aliphatic rings. The monoisotopic (exact) mass is 369 g/mol. The van der Waals surface area contributed by atoms with Crippen LogP contribution in [-0.4, -0.2) is 67.7 Å². The highest BCUT2D eigenvalue weighted by Gasteiger charge is 2.29. The molecular weight excluding hydrogens is 342 g/mol. The number of hydrogen-bond acceptors (Lipinski definition) is 6. The fourth-order valence-corrected chi connectivity index (χ4v) is 3.32. The van der Waals surface area contributed by atoms with Crippen LogP contribution in [-0.2, 0) is 0 Å². The molecule has 1 amide bonds. The van der Waals surface area contributed by atoms with E-state index in [0.29, 0.717) is 23.8 Å². The van der Waals surface area contributed by atoms with Crippen LogP contribution in [0.25, 0.3) is 0 Å². The molecule has 0 radical (unpaired) electrons. The van der Waals surface area contributed by atoms with E-state index in [1.165, 1.54) is 0 Å². The van der Waals surface area contributed by atoms with Gasteiger partial charge in [-0.1, -0.05) is 0 Å². The summed E-state index contributed by atoms with van der Waals surface area (Å²) in [5, 5.41) is 0. The van der Waals surface area contributed by atoms with Crippen LogP contribution in [0.2, 0.25) is 0 Å². The molecule has 7 nitrogen and oxygen atoms in total. The molecule has 3 rings (SSSR count). The fourth-order valence-electron chi connectivity index (χ4n) is 3.32. The average molecular weight is 369 g/mol. The highest BCUT2D eigenvalue weighted by molar-refractivity contribution is 5.95. The number of methoxy groups -OCH3 is 1. The van der Waals surface area contributed by atoms with Gasteiger partial charge in [0.15, 0.2) is 0 Å². The van der Waals surface area contributed by atoms with Crippen LogP contribution in [0.5, 0.6) is 5.75 Å². The zero-order valence-corrected chi connectivity index (χ0v) is 16.6. The topological polar surface area (TPSA) is 61.8 Å². The summed E-state index contributed by atoms with van der Waals surface area (Å²) in [5.74, 6) is 1.46. The van der Waals surface area contributed by atoms with Crippen LogP contribution in [0.4, 0.5) is 11.6 Å². The van der Waals surface area contributed by atoms with Gasteiger partial charge in [0.05, 0.1) is 18.4 Å². The summed E-state index contributed by atoms with van der Waals surface area (Å²) < 4.78 is 5.22. The van der Waals surface area contributed by atoms with Gasteiger partial charge in [0, 0.05) is 51.7 Å². The highest BCUT2D eigenvalue weighted by Crippen LogP contribution is 2.23. The van der Waals surface area contributed by atoms with Gasteiger partial charge < -0.3 is 19.4 Å². The minimum atomic E-state index is -0.000290. The summed E-state index contributed by atoms with van der Waals surface area (Å²) in [7, 11) is 5.44. The van der Waals surface area contributed by atoms with Gasteiger partial charge in [-0.05, 0) is 38.1 Å². The lowest BCUT2D eigenvalue weighted by Gasteiger charge is -2.41. The van der Waals surface area contributed by atoms with Gasteiger partial charge in [0.25, 0.3) is 5.91 Å². The van der Waals surface area contributed by atoms with Crippen LogP contribution in [0, 0.1) is 6.92 Å². The van der Waals surface area contributed by atoms with E-state index in [1.54, 1.807) is 13.3 Å². The van der Waals surface area contributed by atoms with E-state index in [4.69, 9.17) is 4.74 Å². The molecule has 0 aliphatic carbocycles. The SMILES string of the molecule is COc1ccc(N2CCN(C(=O)c3cnc(N(C)C)nc3C)[C@@H](C)C2)cc1. The normalized spacial score (nSPS) is 17.0. The number of aromatic nitrogens is 2. The van der Waals surface area contributed by atoms with E-state index < -0.39 is 0 Å². The smallest absolute Gasteiger partial charge is 0.257 e. The van der Waals surface area contributed by atoms with Crippen LogP contribution in [0.1, 0.15) is 23.0 Å². The second kappa shape index (κ2) is 7.82. The van der Waals surface area contributed by atoms with Crippen molar-refractivity contribution >= 4 is 17.5 Å². The summed E-state index contributed by atoms with van der Waals surface area (Å²) in [6, 6.07) is 8.14. The highest BCUT2D eigenvalue weighted by atomic mass is 16.5. The zero-order valence-electron chi connectivity index (χ0n) is 16.6. The number of aryl methyl sites for hydroxylation is 1. The fraction of sp³-hybridized carbons (Fsp3) is 0.450. The molecule has 0 saturated carbocycles. The third-order valence-corrected chi connectivity index (χ3v) is 4.92. The van der Waals surface area contributed by atoms with Gasteiger partial charge in [-0.3, -0.25) is 4.79 Å². The third kappa shape index (κ3) is 3.97. The predicted octanol–water partition coefficient (Wildman–Crippen LogP) is 2.21. The maximum atomic E-state index is 13.0. The van der Waals surface area contributed by atoms with Crippen LogP contribution < -0.4 is 14.5 Å². The van der Waals surface area contributed by atoms with Crippen molar-refractivity contribution < 1.29 is 9.53 Å². The van der Waals surface area contributed by atoms with Gasteiger partial charge in [-0.15, -0.1) is 0 Å². The zero-order chi connectivity index (χ0) is 19.6. The Morgan fingerprint density at radius 2 is 1.93 bits per heavy atom. The second-order valence-electron chi connectivity index (χ2n) is 7.06. The van der Waals surface area contributed by atoms with Crippen LogP contribution in [0.15, 0.2) is 30.5 Å². The number of carbonyl (C=O) groups excluding carboxylic acids is 1. The van der Waals surface area contributed by atoms with E-state index in [-0.39, 0.29) is 11.9 Å². The van der Waals surface area contributed by atoms with Crippen molar-refractivity contribution in [1.29, 1.82) is 0 Å². The maximum Gasteiger partial charge on any atom is 0.257 e. The molecule has 0 spiro atoms. The third-order valence-electron chi connectivity index (χ3n) is 4.92. The average Bonchev–Trinajstić information content (AvgIpc) is 2.67. The first-order chi connectivity index (χ1) is 12.9. The van der Waals surface area contributed by atoms with Crippen molar-refractivity contribution in [2.75, 3.05) is 50.6 Å². The molecule has 0 unspecified atom stereocenters. The lowest BCUT2D eigenvalue weighted by Crippen LogP contribution is -2.54. The van der Waals surface area contributed by atoms with Gasteiger partial charge in [-0.25, -0.2) is 9.97 Å². The van der Waals surface area contributed by atoms with Crippen molar-refractivity contribution in [3.8, 4) is 5.75 Å². The predicted molar refractivity (Wildman–Crippen MR) is 107 cm³/mol. The number of amides is 1. The largest absolute Gasteiger partial charge is 0.497 e. The van der Waals surface area contributed by atoms with E-state index in [0.717, 1.165) is 24.5 Å². The van der Waals surface area contributed by atoms with Crippen LogP contribution in [0.3, 0.4) is 0 Å². The van der Waals surface area contributed by atoms with E-state index >= 15 is 0 Å². The Morgan fingerprint density at radius 1 is 1.22 bits per heavy atom. The molecule has 1 atom stereocenters. The number of nitrogens with zero attached hydrogens (tertiary/aromatic N) is 5. The number of rotatable bonds is 4. The molecule has 1 aromatic heterocycles. The molecule has 0 N–H and O–H groups in total. The van der Waals surface area contributed by atoms with Crippen molar-refractivity contribution in [2.45, 2.75) is 19.9 Å². The quantitative estimate of drug-likeness (QED) is 0.823. The van der Waals surface area contributed by atoms with Crippen molar-refractivity contribution in [3.63, 3.8) is 0 Å². The summed E-state index contributed by atoms with van der Waals surface area (Å²) in [6.07, 6.45) is 1.64. The number of anilines is 2. The number of carbonyl (C=O) groups is 1. The molecule has 1 aliphatic heterocycles. The summed E-state index contributed by atoms with van der Waals surface area (Å²) >= 11 is 0.